The smallest absolute Gasteiger partial charge is 0.183 e. The zero-order chi connectivity index (χ0) is 26.2. The number of aliphatic hydroxyl groups excluding tert-OH is 1. The van der Waals surface area contributed by atoms with Crippen molar-refractivity contribution in [1.29, 1.82) is 0 Å². The Morgan fingerprint density at radius 1 is 1.17 bits per heavy atom. The van der Waals surface area contributed by atoms with Gasteiger partial charge in [0.15, 0.2) is 5.88 Å². The highest BCUT2D eigenvalue weighted by atomic mass is 35.5. The molecule has 4 N–H and O–H groups in total. The Hall–Kier alpha value is -3.29. The fourth-order valence-electron chi connectivity index (χ4n) is 4.18. The van der Waals surface area contributed by atoms with E-state index in [4.69, 9.17) is 22.1 Å². The van der Waals surface area contributed by atoms with Gasteiger partial charge in [0.25, 0.3) is 0 Å². The first kappa shape index (κ1) is 27.3. The number of rotatable bonds is 11. The third kappa shape index (κ3) is 6.09. The molecule has 0 spiro atoms. The van der Waals surface area contributed by atoms with Crippen LogP contribution in [-0.4, -0.2) is 37.3 Å². The van der Waals surface area contributed by atoms with Gasteiger partial charge in [-0.05, 0) is 60.9 Å². The van der Waals surface area contributed by atoms with Crippen molar-refractivity contribution in [3.05, 3.63) is 82.7 Å². The Balaban J connectivity index is 2.09. The SMILES string of the molecule is CCCN(CCC)c1ccc2c(-c3cc([C@H](O)/C(=C/C=C(\N)OC)NC)c(Cl)cc3F)ccnc2c1. The van der Waals surface area contributed by atoms with E-state index in [2.05, 4.69) is 35.1 Å². The molecule has 0 saturated carbocycles. The van der Waals surface area contributed by atoms with Gasteiger partial charge in [0.1, 0.15) is 11.9 Å². The number of nitrogens with one attached hydrogen (secondary N) is 1. The summed E-state index contributed by atoms with van der Waals surface area (Å²) in [7, 11) is 3.12. The maximum atomic E-state index is 15.2. The molecule has 6 nitrogen and oxygen atoms in total. The highest BCUT2D eigenvalue weighted by Gasteiger charge is 2.20. The van der Waals surface area contributed by atoms with Crippen LogP contribution in [0.3, 0.4) is 0 Å². The summed E-state index contributed by atoms with van der Waals surface area (Å²) < 4.78 is 20.2. The summed E-state index contributed by atoms with van der Waals surface area (Å²) >= 11 is 6.37. The standard InChI is InChI=1S/C28H34ClFN4O2/c1-5-13-34(14-6-2)18-7-8-20-19(11-12-33-26(20)15-18)21-16-22(23(29)17-24(21)30)28(35)25(32-3)9-10-27(31)36-4/h7-12,15-17,28,32,35H,5-6,13-14,31H2,1-4H3/b25-9-,27-10+/t28-/m0/s1. The summed E-state index contributed by atoms with van der Waals surface area (Å²) in [5.41, 5.74) is 9.33. The number of nitrogens with zero attached hydrogens (tertiary/aromatic N) is 2. The number of ether oxygens (including phenoxy) is 1. The zero-order valence-electron chi connectivity index (χ0n) is 21.2. The summed E-state index contributed by atoms with van der Waals surface area (Å²) in [4.78, 5) is 6.89. The maximum absolute atomic E-state index is 15.2. The summed E-state index contributed by atoms with van der Waals surface area (Å²) in [6.07, 6.45) is 5.73. The fourth-order valence-corrected chi connectivity index (χ4v) is 4.43. The number of halogens is 2. The predicted octanol–water partition coefficient (Wildman–Crippen LogP) is 5.90. The average molecular weight is 513 g/mol. The number of methoxy groups -OCH3 is 1. The lowest BCUT2D eigenvalue weighted by Crippen LogP contribution is -2.24. The first-order valence-electron chi connectivity index (χ1n) is 12.0. The van der Waals surface area contributed by atoms with Gasteiger partial charge in [-0.3, -0.25) is 4.98 Å². The Morgan fingerprint density at radius 2 is 1.89 bits per heavy atom. The summed E-state index contributed by atoms with van der Waals surface area (Å²) in [6.45, 7) is 6.23. The Morgan fingerprint density at radius 3 is 2.53 bits per heavy atom. The van der Waals surface area contributed by atoms with Crippen molar-refractivity contribution in [2.45, 2.75) is 32.8 Å². The summed E-state index contributed by atoms with van der Waals surface area (Å²) in [6, 6.07) is 10.7. The Kier molecular flexibility index (Phi) is 9.56. The topological polar surface area (TPSA) is 83.6 Å². The molecule has 2 aromatic carbocycles. The lowest BCUT2D eigenvalue weighted by molar-refractivity contribution is 0.208. The molecule has 0 bridgehead atoms. The Labute approximate surface area is 217 Å². The van der Waals surface area contributed by atoms with Crippen molar-refractivity contribution in [2.75, 3.05) is 32.1 Å². The number of hydrogen-bond donors (Lipinski definition) is 3. The molecule has 36 heavy (non-hydrogen) atoms. The molecule has 0 radical (unpaired) electrons. The lowest BCUT2D eigenvalue weighted by atomic mass is 9.96. The van der Waals surface area contributed by atoms with Gasteiger partial charge in [0.05, 0.1) is 12.6 Å². The van der Waals surface area contributed by atoms with Crippen molar-refractivity contribution in [1.82, 2.24) is 10.3 Å². The van der Waals surface area contributed by atoms with Gasteiger partial charge < -0.3 is 25.8 Å². The minimum absolute atomic E-state index is 0.115. The van der Waals surface area contributed by atoms with Crippen LogP contribution in [0.5, 0.6) is 0 Å². The molecule has 0 saturated heterocycles. The van der Waals surface area contributed by atoms with Crippen LogP contribution in [0.1, 0.15) is 38.4 Å². The number of likely N-dealkylation sites (N-methyl/N-ethyl adjacent to an activating group) is 1. The van der Waals surface area contributed by atoms with Crippen LogP contribution >= 0.6 is 11.6 Å². The van der Waals surface area contributed by atoms with E-state index in [0.29, 0.717) is 22.4 Å². The molecule has 3 rings (SSSR count). The van der Waals surface area contributed by atoms with E-state index in [1.165, 1.54) is 19.3 Å². The highest BCUT2D eigenvalue weighted by molar-refractivity contribution is 6.31. The second kappa shape index (κ2) is 12.6. The van der Waals surface area contributed by atoms with Crippen molar-refractivity contribution in [3.63, 3.8) is 0 Å². The van der Waals surface area contributed by atoms with Gasteiger partial charge >= 0.3 is 0 Å². The van der Waals surface area contributed by atoms with Crippen molar-refractivity contribution >= 4 is 28.2 Å². The molecule has 192 valence electrons. The van der Waals surface area contributed by atoms with Crippen LogP contribution in [0.2, 0.25) is 5.02 Å². The molecule has 0 unspecified atom stereocenters. The molecule has 0 amide bonds. The number of hydrogen-bond acceptors (Lipinski definition) is 6. The lowest BCUT2D eigenvalue weighted by Gasteiger charge is -2.24. The van der Waals surface area contributed by atoms with E-state index in [9.17, 15) is 5.11 Å². The van der Waals surface area contributed by atoms with Crippen molar-refractivity contribution in [2.24, 2.45) is 5.73 Å². The first-order chi connectivity index (χ1) is 17.3. The van der Waals surface area contributed by atoms with Gasteiger partial charge in [0.2, 0.25) is 0 Å². The van der Waals surface area contributed by atoms with E-state index in [1.807, 2.05) is 12.1 Å². The van der Waals surface area contributed by atoms with Crippen LogP contribution in [0, 0.1) is 5.82 Å². The van der Waals surface area contributed by atoms with Gasteiger partial charge in [-0.2, -0.15) is 0 Å². The number of benzene rings is 2. The molecule has 0 aliphatic heterocycles. The van der Waals surface area contributed by atoms with E-state index in [-0.39, 0.29) is 10.9 Å². The number of pyridine rings is 1. The number of anilines is 1. The molecule has 3 aromatic rings. The van der Waals surface area contributed by atoms with Crippen molar-refractivity contribution in [3.8, 4) is 11.1 Å². The maximum Gasteiger partial charge on any atom is 0.183 e. The second-order valence-electron chi connectivity index (χ2n) is 8.45. The highest BCUT2D eigenvalue weighted by Crippen LogP contribution is 2.37. The predicted molar refractivity (Wildman–Crippen MR) is 146 cm³/mol. The van der Waals surface area contributed by atoms with E-state index < -0.39 is 11.9 Å². The number of allylic oxidation sites excluding steroid dienone is 2. The minimum Gasteiger partial charge on any atom is -0.483 e. The van der Waals surface area contributed by atoms with E-state index in [1.54, 1.807) is 31.5 Å². The zero-order valence-corrected chi connectivity index (χ0v) is 21.9. The van der Waals surface area contributed by atoms with Gasteiger partial charge in [-0.1, -0.05) is 31.5 Å². The Bertz CT molecular complexity index is 1260. The monoisotopic (exact) mass is 512 g/mol. The molecular weight excluding hydrogens is 479 g/mol. The summed E-state index contributed by atoms with van der Waals surface area (Å²) in [5, 5.41) is 14.9. The van der Waals surface area contributed by atoms with Gasteiger partial charge in [-0.15, -0.1) is 0 Å². The third-order valence-electron chi connectivity index (χ3n) is 6.00. The van der Waals surface area contributed by atoms with E-state index in [0.717, 1.165) is 42.5 Å². The molecule has 0 aliphatic carbocycles. The summed E-state index contributed by atoms with van der Waals surface area (Å²) in [5.74, 6) is -0.301. The van der Waals surface area contributed by atoms with Crippen molar-refractivity contribution < 1.29 is 14.2 Å². The minimum atomic E-state index is -1.14. The number of aromatic nitrogens is 1. The van der Waals surface area contributed by atoms with Crippen LogP contribution in [0.4, 0.5) is 10.1 Å². The molecular formula is C28H34ClFN4O2. The molecule has 0 fully saturated rings. The fraction of sp³-hybridized carbons (Fsp3) is 0.321. The average Bonchev–Trinajstić information content (AvgIpc) is 2.88. The van der Waals surface area contributed by atoms with Gasteiger partial charge in [-0.25, -0.2) is 4.39 Å². The molecule has 1 aromatic heterocycles. The number of aliphatic hydroxyl groups is 1. The molecule has 1 atom stereocenters. The first-order valence-corrected chi connectivity index (χ1v) is 12.4. The second-order valence-corrected chi connectivity index (χ2v) is 8.86. The van der Waals surface area contributed by atoms with Crippen LogP contribution in [0.15, 0.2) is 66.3 Å². The normalized spacial score (nSPS) is 13.1. The molecule has 8 heteroatoms. The number of nitrogens with two attached hydrogens (primary N) is 1. The van der Waals surface area contributed by atoms with Crippen LogP contribution in [-0.2, 0) is 4.74 Å². The molecule has 1 heterocycles. The number of fused-ring (bicyclic) bond motifs is 1. The largest absolute Gasteiger partial charge is 0.483 e. The van der Waals surface area contributed by atoms with Crippen LogP contribution in [0.25, 0.3) is 22.0 Å². The van der Waals surface area contributed by atoms with Gasteiger partial charge in [0, 0.05) is 59.3 Å². The van der Waals surface area contributed by atoms with E-state index >= 15 is 4.39 Å². The third-order valence-corrected chi connectivity index (χ3v) is 6.32. The quantitative estimate of drug-likeness (QED) is 0.219. The molecule has 0 aliphatic rings. The van der Waals surface area contributed by atoms with Crippen LogP contribution < -0.4 is 16.0 Å².